The Morgan fingerprint density at radius 1 is 0.541 bits per heavy atom. The molecule has 0 unspecified atom stereocenters. The summed E-state index contributed by atoms with van der Waals surface area (Å²) >= 11 is 0. The predicted octanol–water partition coefficient (Wildman–Crippen LogP) is 16.5. The number of aryl methyl sites for hydroxylation is 2. The first-order valence-electron chi connectivity index (χ1n) is 22.3. The molecule has 2 saturated carbocycles. The van der Waals surface area contributed by atoms with Crippen molar-refractivity contribution in [2.45, 2.75) is 141 Å². The summed E-state index contributed by atoms with van der Waals surface area (Å²) in [5.41, 5.74) is 5.82. The lowest BCUT2D eigenvalue weighted by molar-refractivity contribution is -0.274. The van der Waals surface area contributed by atoms with E-state index in [1.807, 2.05) is 0 Å². The van der Waals surface area contributed by atoms with Crippen LogP contribution in [-0.2, 0) is 12.8 Å². The number of rotatable bonds is 10. The Morgan fingerprint density at radius 2 is 1.02 bits per heavy atom. The Morgan fingerprint density at radius 3 is 1.49 bits per heavy atom. The SMILES string of the molecule is CCC1CCC(c2cc(F)c(C3=Cc4ccc(OC(F)(F)F)cc4CC3)c(F)c2)CC1.CCCCCC1CCC(c2cc(F)c(C3=Cc4ccc(F)cc4CC3)c(F)c2)CC1. The van der Waals surface area contributed by atoms with E-state index < -0.39 is 29.6 Å². The standard InChI is InChI=1S/C27H31F3.C25H25F5O/c1-2-3-4-5-18-6-8-19(9-7-18)23-16-25(29)27(26(30)17-23)22-11-10-21-15-24(28)13-12-20(21)14-22;1-2-15-3-5-16(6-4-15)20-13-22(26)24(23(27)14-20)19-8-7-18-12-21(31-25(28,29)30)10-9-17(18)11-19/h12-19H,2-11H2,1H3;9-16H,2-8H2,1H3. The van der Waals surface area contributed by atoms with Crippen LogP contribution in [0.15, 0.2) is 60.7 Å². The second-order valence-electron chi connectivity index (χ2n) is 17.6. The smallest absolute Gasteiger partial charge is 0.406 e. The number of ether oxygens (including phenoxy) is 1. The average molecular weight is 849 g/mol. The normalized spacial score (nSPS) is 21.3. The van der Waals surface area contributed by atoms with E-state index in [0.29, 0.717) is 53.9 Å². The summed E-state index contributed by atoms with van der Waals surface area (Å²) in [7, 11) is 0. The van der Waals surface area contributed by atoms with Gasteiger partial charge in [0.15, 0.2) is 0 Å². The molecule has 0 N–H and O–H groups in total. The Bertz CT molecular complexity index is 2170. The maximum atomic E-state index is 15.0. The third-order valence-corrected chi connectivity index (χ3v) is 13.6. The highest BCUT2D eigenvalue weighted by molar-refractivity contribution is 5.86. The number of hydrogen-bond acceptors (Lipinski definition) is 1. The molecule has 2 fully saturated rings. The monoisotopic (exact) mass is 848 g/mol. The topological polar surface area (TPSA) is 9.23 Å². The van der Waals surface area contributed by atoms with Crippen LogP contribution < -0.4 is 4.74 Å². The van der Waals surface area contributed by atoms with Gasteiger partial charge >= 0.3 is 6.36 Å². The fourth-order valence-electron chi connectivity index (χ4n) is 10.2. The van der Waals surface area contributed by atoms with E-state index in [9.17, 15) is 26.3 Å². The minimum atomic E-state index is -4.76. The molecule has 326 valence electrons. The lowest BCUT2D eigenvalue weighted by Crippen LogP contribution is -2.17. The highest BCUT2D eigenvalue weighted by atomic mass is 19.4. The van der Waals surface area contributed by atoms with Crippen molar-refractivity contribution >= 4 is 23.3 Å². The van der Waals surface area contributed by atoms with Crippen LogP contribution in [0, 0.1) is 40.9 Å². The van der Waals surface area contributed by atoms with Crippen molar-refractivity contribution in [3.05, 3.63) is 134 Å². The van der Waals surface area contributed by atoms with Gasteiger partial charge in [-0.1, -0.05) is 70.2 Å². The Balaban J connectivity index is 0.000000184. The number of unbranched alkanes of at least 4 members (excludes halogenated alkanes) is 2. The number of benzene rings is 4. The molecule has 0 saturated heterocycles. The summed E-state index contributed by atoms with van der Waals surface area (Å²) in [4.78, 5) is 0. The molecule has 0 atom stereocenters. The van der Waals surface area contributed by atoms with Crippen LogP contribution in [0.4, 0.5) is 35.1 Å². The van der Waals surface area contributed by atoms with Gasteiger partial charge in [0.1, 0.15) is 34.8 Å². The molecule has 9 heteroatoms. The molecular formula is C52H56F8O. The van der Waals surface area contributed by atoms with Crippen molar-refractivity contribution in [2.75, 3.05) is 0 Å². The van der Waals surface area contributed by atoms with Gasteiger partial charge in [0.2, 0.25) is 0 Å². The van der Waals surface area contributed by atoms with Crippen molar-refractivity contribution in [1.82, 2.24) is 0 Å². The highest BCUT2D eigenvalue weighted by Crippen LogP contribution is 2.42. The molecule has 4 aromatic rings. The fourth-order valence-corrected chi connectivity index (χ4v) is 10.2. The van der Waals surface area contributed by atoms with Gasteiger partial charge in [-0.2, -0.15) is 0 Å². The third-order valence-electron chi connectivity index (χ3n) is 13.6. The van der Waals surface area contributed by atoms with E-state index in [0.717, 1.165) is 86.0 Å². The molecule has 0 amide bonds. The largest absolute Gasteiger partial charge is 0.573 e. The average Bonchev–Trinajstić information content (AvgIpc) is 3.23. The van der Waals surface area contributed by atoms with E-state index in [-0.39, 0.29) is 34.5 Å². The van der Waals surface area contributed by atoms with Crippen molar-refractivity contribution in [3.8, 4) is 5.75 Å². The van der Waals surface area contributed by atoms with Crippen LogP contribution in [0.3, 0.4) is 0 Å². The van der Waals surface area contributed by atoms with Gasteiger partial charge in [0.05, 0.1) is 0 Å². The van der Waals surface area contributed by atoms with Crippen LogP contribution in [0.25, 0.3) is 23.3 Å². The molecule has 0 heterocycles. The Labute approximate surface area is 355 Å². The lowest BCUT2D eigenvalue weighted by Gasteiger charge is -2.29. The van der Waals surface area contributed by atoms with Crippen LogP contribution in [0.2, 0.25) is 0 Å². The first-order chi connectivity index (χ1) is 29.3. The van der Waals surface area contributed by atoms with Gasteiger partial charge in [0, 0.05) is 11.1 Å². The van der Waals surface area contributed by atoms with E-state index in [4.69, 9.17) is 0 Å². The van der Waals surface area contributed by atoms with Crippen molar-refractivity contribution in [1.29, 1.82) is 0 Å². The fraction of sp³-hybridized carbons (Fsp3) is 0.462. The molecule has 4 aliphatic rings. The van der Waals surface area contributed by atoms with Gasteiger partial charge in [-0.15, -0.1) is 13.2 Å². The number of fused-ring (bicyclic) bond motifs is 2. The molecule has 0 aliphatic heterocycles. The second kappa shape index (κ2) is 19.8. The summed E-state index contributed by atoms with van der Waals surface area (Å²) in [6.45, 7) is 4.41. The molecule has 4 aromatic carbocycles. The minimum absolute atomic E-state index is 0.0349. The molecule has 0 bridgehead atoms. The van der Waals surface area contributed by atoms with Crippen LogP contribution in [0.5, 0.6) is 5.75 Å². The summed E-state index contributed by atoms with van der Waals surface area (Å²) in [6, 6.07) is 14.7. The second-order valence-corrected chi connectivity index (χ2v) is 17.6. The molecule has 61 heavy (non-hydrogen) atoms. The van der Waals surface area contributed by atoms with Gasteiger partial charge in [-0.3, -0.25) is 0 Å². The number of alkyl halides is 3. The molecule has 0 aromatic heterocycles. The summed E-state index contributed by atoms with van der Waals surface area (Å²) in [6.07, 6.45) is 15.3. The van der Waals surface area contributed by atoms with Crippen LogP contribution in [-0.4, -0.2) is 6.36 Å². The summed E-state index contributed by atoms with van der Waals surface area (Å²) in [5.74, 6) is -0.699. The van der Waals surface area contributed by atoms with Crippen LogP contribution in [0.1, 0.15) is 167 Å². The maximum absolute atomic E-state index is 15.0. The number of halogens is 8. The number of allylic oxidation sites excluding steroid dienone is 2. The number of hydrogen-bond donors (Lipinski definition) is 0. The maximum Gasteiger partial charge on any atom is 0.573 e. The molecule has 4 aliphatic carbocycles. The first-order valence-corrected chi connectivity index (χ1v) is 22.3. The van der Waals surface area contributed by atoms with Gasteiger partial charge in [0.25, 0.3) is 0 Å². The molecule has 0 spiro atoms. The van der Waals surface area contributed by atoms with E-state index in [1.165, 1.54) is 68.1 Å². The minimum Gasteiger partial charge on any atom is -0.406 e. The quantitative estimate of drug-likeness (QED) is 0.114. The zero-order chi connectivity index (χ0) is 43.3. The van der Waals surface area contributed by atoms with E-state index in [1.54, 1.807) is 30.4 Å². The Kier molecular flexibility index (Phi) is 14.5. The van der Waals surface area contributed by atoms with Gasteiger partial charge in [-0.25, -0.2) is 22.0 Å². The molecule has 0 radical (unpaired) electrons. The zero-order valence-electron chi connectivity index (χ0n) is 35.2. The third kappa shape index (κ3) is 11.2. The predicted molar refractivity (Wildman–Crippen MR) is 228 cm³/mol. The summed E-state index contributed by atoms with van der Waals surface area (Å²) < 4.78 is 115. The van der Waals surface area contributed by atoms with E-state index in [2.05, 4.69) is 18.6 Å². The Hall–Kier alpha value is -4.40. The van der Waals surface area contributed by atoms with Crippen molar-refractivity contribution in [3.63, 3.8) is 0 Å². The van der Waals surface area contributed by atoms with Crippen LogP contribution >= 0.6 is 0 Å². The van der Waals surface area contributed by atoms with Crippen molar-refractivity contribution in [2.24, 2.45) is 11.8 Å². The first kappa shape index (κ1) is 44.6. The molecule has 1 nitrogen and oxygen atoms in total. The molecular weight excluding hydrogens is 793 g/mol. The molecule has 8 rings (SSSR count). The summed E-state index contributed by atoms with van der Waals surface area (Å²) in [5, 5.41) is 0. The van der Waals surface area contributed by atoms with Gasteiger partial charge in [-0.05, 0) is 194 Å². The van der Waals surface area contributed by atoms with E-state index >= 15 is 8.78 Å². The zero-order valence-corrected chi connectivity index (χ0v) is 35.2. The highest BCUT2D eigenvalue weighted by Gasteiger charge is 2.32. The lowest BCUT2D eigenvalue weighted by atomic mass is 9.76. The van der Waals surface area contributed by atoms with Gasteiger partial charge < -0.3 is 4.74 Å². The van der Waals surface area contributed by atoms with Crippen molar-refractivity contribution < 1.29 is 39.9 Å².